The predicted molar refractivity (Wildman–Crippen MR) is 66.6 cm³/mol. The van der Waals surface area contributed by atoms with E-state index in [0.29, 0.717) is 0 Å². The Bertz CT molecular complexity index is 144. The molecular formula is C14H26. The molecule has 14 heavy (non-hydrogen) atoms. The minimum absolute atomic E-state index is 1.09. The van der Waals surface area contributed by atoms with E-state index in [0.717, 1.165) is 12.8 Å². The minimum Gasteiger partial charge on any atom is -0.103 e. The van der Waals surface area contributed by atoms with Crippen LogP contribution in [0.1, 0.15) is 64.7 Å². The van der Waals surface area contributed by atoms with Crippen LogP contribution in [0.15, 0.2) is 24.8 Å². The highest BCUT2D eigenvalue weighted by atomic mass is 14.0. The van der Waals surface area contributed by atoms with E-state index in [1.54, 1.807) is 0 Å². The third-order valence-corrected chi connectivity index (χ3v) is 2.59. The summed E-state index contributed by atoms with van der Waals surface area (Å²) in [6.45, 7) is 10.1. The summed E-state index contributed by atoms with van der Waals surface area (Å²) in [6, 6.07) is 0. The van der Waals surface area contributed by atoms with Gasteiger partial charge in [-0.3, -0.25) is 0 Å². The van der Waals surface area contributed by atoms with Crippen LogP contribution in [0.3, 0.4) is 0 Å². The average Bonchev–Trinajstić information content (AvgIpc) is 2.20. The topological polar surface area (TPSA) is 0 Å². The third-order valence-electron chi connectivity index (χ3n) is 2.59. The monoisotopic (exact) mass is 194 g/mol. The van der Waals surface area contributed by atoms with E-state index in [2.05, 4.69) is 20.1 Å². The first-order chi connectivity index (χ1) is 6.81. The lowest BCUT2D eigenvalue weighted by molar-refractivity contribution is 0.603. The standard InChI is InChI=1S/C14H26/c1-4-6-8-9-10-11-13-14(3)12-7-5-2/h5H,2-4,6-13H2,1H3. The normalized spacial score (nSPS) is 10.1. The Balaban J connectivity index is 3.10. The zero-order chi connectivity index (χ0) is 10.6. The molecule has 0 aromatic carbocycles. The van der Waals surface area contributed by atoms with Gasteiger partial charge in [0, 0.05) is 0 Å². The van der Waals surface area contributed by atoms with Gasteiger partial charge in [-0.2, -0.15) is 0 Å². The molecule has 0 rings (SSSR count). The molecule has 0 aliphatic carbocycles. The summed E-state index contributed by atoms with van der Waals surface area (Å²) in [4.78, 5) is 0. The van der Waals surface area contributed by atoms with Gasteiger partial charge in [0.25, 0.3) is 0 Å². The fourth-order valence-corrected chi connectivity index (χ4v) is 1.59. The van der Waals surface area contributed by atoms with Crippen molar-refractivity contribution in [3.63, 3.8) is 0 Å². The zero-order valence-corrected chi connectivity index (χ0v) is 9.86. The molecule has 0 bridgehead atoms. The molecule has 0 aliphatic rings. The van der Waals surface area contributed by atoms with Crippen LogP contribution in [0, 0.1) is 0 Å². The van der Waals surface area contributed by atoms with Crippen LogP contribution >= 0.6 is 0 Å². The van der Waals surface area contributed by atoms with Crippen molar-refractivity contribution in [1.29, 1.82) is 0 Å². The molecule has 0 fully saturated rings. The number of hydrogen-bond acceptors (Lipinski definition) is 0. The lowest BCUT2D eigenvalue weighted by atomic mass is 10.0. The Morgan fingerprint density at radius 2 is 1.64 bits per heavy atom. The molecule has 0 aliphatic heterocycles. The van der Waals surface area contributed by atoms with Crippen LogP contribution in [0.2, 0.25) is 0 Å². The summed E-state index contributed by atoms with van der Waals surface area (Å²) < 4.78 is 0. The summed E-state index contributed by atoms with van der Waals surface area (Å²) in [5, 5.41) is 0. The number of unbranched alkanes of at least 4 members (excludes halogenated alkanes) is 5. The minimum atomic E-state index is 1.09. The van der Waals surface area contributed by atoms with Gasteiger partial charge in [-0.1, -0.05) is 57.3 Å². The fraction of sp³-hybridized carbons (Fsp3) is 0.714. The van der Waals surface area contributed by atoms with Crippen molar-refractivity contribution in [3.05, 3.63) is 24.8 Å². The molecule has 0 heteroatoms. The largest absolute Gasteiger partial charge is 0.103 e. The molecule has 0 nitrogen and oxygen atoms in total. The number of rotatable bonds is 10. The molecule has 82 valence electrons. The van der Waals surface area contributed by atoms with Gasteiger partial charge >= 0.3 is 0 Å². The quantitative estimate of drug-likeness (QED) is 0.329. The Kier molecular flexibility index (Phi) is 10.2. The molecule has 0 aromatic rings. The smallest absolute Gasteiger partial charge is 0.0288 e. The molecule has 0 saturated carbocycles. The van der Waals surface area contributed by atoms with Crippen LogP contribution in [0.5, 0.6) is 0 Å². The maximum Gasteiger partial charge on any atom is -0.0288 e. The highest BCUT2D eigenvalue weighted by Crippen LogP contribution is 2.14. The molecule has 0 N–H and O–H groups in total. The second-order valence-electron chi connectivity index (χ2n) is 4.10. The molecule has 0 atom stereocenters. The average molecular weight is 194 g/mol. The van der Waals surface area contributed by atoms with E-state index in [-0.39, 0.29) is 0 Å². The van der Waals surface area contributed by atoms with E-state index >= 15 is 0 Å². The zero-order valence-electron chi connectivity index (χ0n) is 9.86. The van der Waals surface area contributed by atoms with Crippen LogP contribution < -0.4 is 0 Å². The molecule has 0 radical (unpaired) electrons. The molecule has 0 unspecified atom stereocenters. The van der Waals surface area contributed by atoms with Gasteiger partial charge < -0.3 is 0 Å². The molecule has 0 heterocycles. The summed E-state index contributed by atoms with van der Waals surface area (Å²) in [6.07, 6.45) is 13.7. The molecule has 0 spiro atoms. The highest BCUT2D eigenvalue weighted by molar-refractivity contribution is 4.95. The highest BCUT2D eigenvalue weighted by Gasteiger charge is 1.94. The van der Waals surface area contributed by atoms with Crippen molar-refractivity contribution in [1.82, 2.24) is 0 Å². The van der Waals surface area contributed by atoms with Gasteiger partial charge in [0.05, 0.1) is 0 Å². The summed E-state index contributed by atoms with van der Waals surface area (Å²) in [5.74, 6) is 0. The van der Waals surface area contributed by atoms with Crippen LogP contribution in [0.25, 0.3) is 0 Å². The Morgan fingerprint density at radius 3 is 2.29 bits per heavy atom. The van der Waals surface area contributed by atoms with Gasteiger partial charge in [-0.25, -0.2) is 0 Å². The molecule has 0 saturated heterocycles. The first kappa shape index (κ1) is 13.5. The molecular weight excluding hydrogens is 168 g/mol. The first-order valence-corrected chi connectivity index (χ1v) is 6.08. The number of allylic oxidation sites excluding steroid dienone is 2. The van der Waals surface area contributed by atoms with Gasteiger partial charge in [0.2, 0.25) is 0 Å². The van der Waals surface area contributed by atoms with E-state index in [9.17, 15) is 0 Å². The second-order valence-corrected chi connectivity index (χ2v) is 4.10. The van der Waals surface area contributed by atoms with Crippen LogP contribution in [-0.2, 0) is 0 Å². The second kappa shape index (κ2) is 10.6. The fourth-order valence-electron chi connectivity index (χ4n) is 1.59. The summed E-state index contributed by atoms with van der Waals surface area (Å²) in [7, 11) is 0. The number of hydrogen-bond donors (Lipinski definition) is 0. The van der Waals surface area contributed by atoms with Crippen LogP contribution in [-0.4, -0.2) is 0 Å². The maximum atomic E-state index is 4.08. The third kappa shape index (κ3) is 9.57. The Hall–Kier alpha value is -0.520. The lowest BCUT2D eigenvalue weighted by Gasteiger charge is -2.03. The van der Waals surface area contributed by atoms with Crippen molar-refractivity contribution >= 4 is 0 Å². The van der Waals surface area contributed by atoms with Crippen molar-refractivity contribution in [2.45, 2.75) is 64.7 Å². The van der Waals surface area contributed by atoms with E-state index in [4.69, 9.17) is 0 Å². The predicted octanol–water partition coefficient (Wildman–Crippen LogP) is 5.26. The van der Waals surface area contributed by atoms with E-state index < -0.39 is 0 Å². The Morgan fingerprint density at radius 1 is 1.00 bits per heavy atom. The van der Waals surface area contributed by atoms with Gasteiger partial charge in [0.15, 0.2) is 0 Å². The Labute approximate surface area is 90.1 Å². The van der Waals surface area contributed by atoms with E-state index in [1.807, 2.05) is 6.08 Å². The maximum absolute atomic E-state index is 4.08. The van der Waals surface area contributed by atoms with Gasteiger partial charge in [0.1, 0.15) is 0 Å². The lowest BCUT2D eigenvalue weighted by Crippen LogP contribution is -1.83. The van der Waals surface area contributed by atoms with Crippen LogP contribution in [0.4, 0.5) is 0 Å². The van der Waals surface area contributed by atoms with Gasteiger partial charge in [-0.05, 0) is 25.7 Å². The molecule has 0 amide bonds. The van der Waals surface area contributed by atoms with Crippen molar-refractivity contribution in [3.8, 4) is 0 Å². The molecule has 0 aromatic heterocycles. The summed E-state index contributed by atoms with van der Waals surface area (Å²) >= 11 is 0. The first-order valence-electron chi connectivity index (χ1n) is 6.08. The van der Waals surface area contributed by atoms with Crippen molar-refractivity contribution in [2.75, 3.05) is 0 Å². The van der Waals surface area contributed by atoms with Crippen molar-refractivity contribution < 1.29 is 0 Å². The SMILES string of the molecule is C=CCCC(=C)CCCCCCCC. The van der Waals surface area contributed by atoms with Gasteiger partial charge in [-0.15, -0.1) is 6.58 Å². The van der Waals surface area contributed by atoms with E-state index in [1.165, 1.54) is 50.5 Å². The van der Waals surface area contributed by atoms with Crippen molar-refractivity contribution in [2.24, 2.45) is 0 Å². The summed E-state index contributed by atoms with van der Waals surface area (Å²) in [5.41, 5.74) is 1.40.